The van der Waals surface area contributed by atoms with Crippen LogP contribution in [0.2, 0.25) is 5.02 Å². The molecule has 2 aromatic heterocycles. The number of amides is 2. The molecule has 2 aliphatic heterocycles. The number of alkyl halides is 3. The number of carbonyl (C=O) groups excluding carboxylic acids is 2. The van der Waals surface area contributed by atoms with Gasteiger partial charge < -0.3 is 63.7 Å². The first-order valence-corrected chi connectivity index (χ1v) is 25.8. The van der Waals surface area contributed by atoms with Crippen molar-refractivity contribution in [1.29, 1.82) is 0 Å². The van der Waals surface area contributed by atoms with Crippen molar-refractivity contribution >= 4 is 52.3 Å². The highest BCUT2D eigenvalue weighted by molar-refractivity contribution is 6.32. The number of hydrogen-bond donors (Lipinski definition) is 5. The van der Waals surface area contributed by atoms with Crippen molar-refractivity contribution in [3.63, 3.8) is 0 Å². The van der Waals surface area contributed by atoms with Crippen molar-refractivity contribution in [3.05, 3.63) is 129 Å². The fourth-order valence-electron chi connectivity index (χ4n) is 8.22. The summed E-state index contributed by atoms with van der Waals surface area (Å²) in [6.45, 7) is 4.22. The number of aromatic nitrogens is 4. The second kappa shape index (κ2) is 29.3. The SMILES string of the molecule is COc1ccc(-n2c(COCCOCCOCCOCCNC(=O)CCCCCNC(=O)c3ccc(-c4c5ccc(=O)cc-5oc5cc(O)ccc45)c(C(=O)O)c3)nnc2N2CC(Oc3ccc(F)cc3Cl)C2)cn1.O=C(O)C(F)(F)F. The zero-order valence-corrected chi connectivity index (χ0v) is 44.7. The highest BCUT2D eigenvalue weighted by Gasteiger charge is 2.38. The molecule has 5 N–H and O–H groups in total. The standard InChI is InChI=1S/C53H55ClFN7O13.C2HF3O2/c1-69-49-15-8-35(29-58-49)62-47(59-60-53(62)61-30-38(31-61)74-44-14-7-34(55)26-43(44)54)32-73-24-23-72-22-21-71-20-19-70-18-17-56-48(65)5-3-2-4-16-57-51(66)33-6-11-39(42(25-33)52(67)68)50-40-12-9-36(63)27-45(40)75-46-28-37(64)10-13-41(46)50;3-2(4,5)1(6)7/h6-15,25-29,38,63H,2-5,16-24,30-32H2,1H3,(H,56,65)(H,57,66)(H,67,68);(H,6,7). The highest BCUT2D eigenvalue weighted by Crippen LogP contribution is 2.42. The van der Waals surface area contributed by atoms with Crippen molar-refractivity contribution in [3.8, 4) is 45.5 Å². The van der Waals surface area contributed by atoms with Crippen molar-refractivity contribution in [2.45, 2.75) is 44.6 Å². The number of ether oxygens (including phenoxy) is 6. The highest BCUT2D eigenvalue weighted by atomic mass is 35.5. The molecule has 0 saturated carbocycles. The predicted molar refractivity (Wildman–Crippen MR) is 287 cm³/mol. The zero-order valence-electron chi connectivity index (χ0n) is 43.9. The quantitative estimate of drug-likeness (QED) is 0.0182. The molecule has 0 radical (unpaired) electrons. The maximum Gasteiger partial charge on any atom is 0.490 e. The minimum absolute atomic E-state index is 0.0635. The van der Waals surface area contributed by atoms with E-state index >= 15 is 0 Å². The molecule has 0 bridgehead atoms. The Bertz CT molecular complexity index is 3340. The van der Waals surface area contributed by atoms with Crippen LogP contribution in [-0.4, -0.2) is 151 Å². The number of rotatable bonds is 28. The summed E-state index contributed by atoms with van der Waals surface area (Å²) < 4.78 is 86.9. The van der Waals surface area contributed by atoms with Crippen LogP contribution in [0.4, 0.5) is 23.5 Å². The van der Waals surface area contributed by atoms with E-state index in [2.05, 4.69) is 25.8 Å². The van der Waals surface area contributed by atoms with E-state index in [1.807, 2.05) is 15.5 Å². The number of aromatic carboxylic acids is 1. The second-order valence-corrected chi connectivity index (χ2v) is 18.4. The molecule has 8 rings (SSSR count). The third-order valence-electron chi connectivity index (χ3n) is 12.2. The van der Waals surface area contributed by atoms with Gasteiger partial charge in [0, 0.05) is 59.8 Å². The summed E-state index contributed by atoms with van der Waals surface area (Å²) in [5.74, 6) is -2.83. The number of pyridine rings is 1. The normalized spacial score (nSPS) is 12.4. The van der Waals surface area contributed by atoms with E-state index in [9.17, 15) is 47.0 Å². The van der Waals surface area contributed by atoms with E-state index in [1.54, 1.807) is 37.6 Å². The summed E-state index contributed by atoms with van der Waals surface area (Å²) in [4.78, 5) is 65.3. The number of carboxylic acids is 2. The fourth-order valence-corrected chi connectivity index (χ4v) is 8.43. The summed E-state index contributed by atoms with van der Waals surface area (Å²) in [7, 11) is 1.54. The fraction of sp³-hybridized carbons (Fsp3) is 0.345. The maximum absolute atomic E-state index is 13.5. The molecule has 3 aliphatic rings. The van der Waals surface area contributed by atoms with Crippen molar-refractivity contribution in [2.24, 2.45) is 0 Å². The molecular weight excluding hydrogens is 1110 g/mol. The Morgan fingerprint density at radius 1 is 0.793 bits per heavy atom. The third kappa shape index (κ3) is 17.1. The van der Waals surface area contributed by atoms with Crippen LogP contribution in [-0.2, 0) is 35.1 Å². The number of nitrogens with one attached hydrogen (secondary N) is 2. The van der Waals surface area contributed by atoms with E-state index in [0.717, 1.165) is 5.69 Å². The Kier molecular flexibility index (Phi) is 21.9. The molecule has 1 fully saturated rings. The number of carboxylic acid groups (broad SMARTS) is 2. The van der Waals surface area contributed by atoms with Crippen LogP contribution in [0.1, 0.15) is 52.2 Å². The molecule has 0 unspecified atom stereocenters. The average molecular weight is 1170 g/mol. The van der Waals surface area contributed by atoms with Crippen LogP contribution in [0, 0.1) is 5.82 Å². The molecule has 4 heterocycles. The largest absolute Gasteiger partial charge is 0.508 e. The molecule has 2 amide bonds. The van der Waals surface area contributed by atoms with E-state index in [1.165, 1.54) is 54.6 Å². The summed E-state index contributed by atoms with van der Waals surface area (Å²) in [6.07, 6.45) is -1.38. The number of aliphatic carboxylic acids is 1. The van der Waals surface area contributed by atoms with E-state index in [-0.39, 0.29) is 57.3 Å². The predicted octanol–water partition coefficient (Wildman–Crippen LogP) is 7.32. The topological polar surface area (TPSA) is 285 Å². The molecule has 22 nitrogen and oxygen atoms in total. The number of phenols is 1. The smallest absolute Gasteiger partial charge is 0.490 e. The molecule has 1 saturated heterocycles. The first-order chi connectivity index (χ1) is 39.4. The number of carbonyl (C=O) groups is 4. The Balaban J connectivity index is 0.00000130. The Morgan fingerprint density at radius 2 is 1.50 bits per heavy atom. The molecule has 27 heteroatoms. The third-order valence-corrected chi connectivity index (χ3v) is 12.5. The van der Waals surface area contributed by atoms with Gasteiger partial charge in [-0.3, -0.25) is 19.0 Å². The Labute approximate surface area is 469 Å². The summed E-state index contributed by atoms with van der Waals surface area (Å²) in [5, 5.41) is 42.6. The number of anilines is 1. The first-order valence-electron chi connectivity index (χ1n) is 25.4. The lowest BCUT2D eigenvalue weighted by Crippen LogP contribution is -2.55. The van der Waals surface area contributed by atoms with Gasteiger partial charge in [0.25, 0.3) is 5.91 Å². The Morgan fingerprint density at radius 3 is 2.17 bits per heavy atom. The number of halogens is 5. The number of fused-ring (bicyclic) bond motifs is 2. The van der Waals surface area contributed by atoms with E-state index in [4.69, 9.17) is 54.3 Å². The van der Waals surface area contributed by atoms with E-state index in [0.29, 0.717) is 144 Å². The summed E-state index contributed by atoms with van der Waals surface area (Å²) in [6, 6.07) is 20.7. The van der Waals surface area contributed by atoms with Gasteiger partial charge in [-0.25, -0.2) is 19.0 Å². The van der Waals surface area contributed by atoms with Gasteiger partial charge in [0.2, 0.25) is 17.7 Å². The van der Waals surface area contributed by atoms with Gasteiger partial charge in [-0.2, -0.15) is 13.2 Å². The molecule has 0 atom stereocenters. The van der Waals surface area contributed by atoms with Crippen LogP contribution in [0.3, 0.4) is 0 Å². The van der Waals surface area contributed by atoms with E-state index < -0.39 is 29.8 Å². The van der Waals surface area contributed by atoms with Crippen LogP contribution in [0.25, 0.3) is 39.1 Å². The van der Waals surface area contributed by atoms with Crippen LogP contribution >= 0.6 is 11.6 Å². The number of benzene rings is 4. The van der Waals surface area contributed by atoms with Gasteiger partial charge in [0.1, 0.15) is 41.4 Å². The number of unbranched alkanes of at least 4 members (excludes halogenated alkanes) is 2. The second-order valence-electron chi connectivity index (χ2n) is 18.0. The lowest BCUT2D eigenvalue weighted by molar-refractivity contribution is -0.192. The number of hydrogen-bond acceptors (Lipinski definition) is 17. The number of phenolic OH excluding ortho intramolecular Hbond substituents is 1. The molecule has 82 heavy (non-hydrogen) atoms. The molecule has 3 aromatic carbocycles. The monoisotopic (exact) mass is 1170 g/mol. The number of nitrogens with zero attached hydrogens (tertiary/aromatic N) is 5. The average Bonchev–Trinajstić information content (AvgIpc) is 2.13. The molecule has 1 aliphatic carbocycles. The van der Waals surface area contributed by atoms with Crippen LogP contribution < -0.4 is 30.4 Å². The Hall–Kier alpha value is -8.43. The molecule has 0 spiro atoms. The summed E-state index contributed by atoms with van der Waals surface area (Å²) in [5.41, 5.74) is 2.00. The molecule has 436 valence electrons. The van der Waals surface area contributed by atoms with Gasteiger partial charge in [-0.1, -0.05) is 24.1 Å². The van der Waals surface area contributed by atoms with Crippen LogP contribution in [0.15, 0.2) is 100 Å². The minimum atomic E-state index is -5.08. The number of methoxy groups -OCH3 is 1. The van der Waals surface area contributed by atoms with Gasteiger partial charge in [0.05, 0.1) is 88.9 Å². The van der Waals surface area contributed by atoms with Crippen molar-refractivity contribution < 1.29 is 84.9 Å². The van der Waals surface area contributed by atoms with Gasteiger partial charge >= 0.3 is 18.1 Å². The lowest BCUT2D eigenvalue weighted by atomic mass is 9.90. The maximum atomic E-state index is 13.5. The molecular formula is C55H56ClF4N7O15. The van der Waals surface area contributed by atoms with Gasteiger partial charge in [-0.15, -0.1) is 10.2 Å². The summed E-state index contributed by atoms with van der Waals surface area (Å²) >= 11 is 6.15. The number of aromatic hydroxyl groups is 1. The van der Waals surface area contributed by atoms with Gasteiger partial charge in [-0.05, 0) is 79.1 Å². The van der Waals surface area contributed by atoms with Gasteiger partial charge in [0.15, 0.2) is 11.3 Å². The zero-order chi connectivity index (χ0) is 58.8. The first kappa shape index (κ1) is 61.2. The molecule has 5 aromatic rings. The van der Waals surface area contributed by atoms with Crippen molar-refractivity contribution in [1.82, 2.24) is 30.4 Å². The van der Waals surface area contributed by atoms with Crippen LogP contribution in [0.5, 0.6) is 17.4 Å². The minimum Gasteiger partial charge on any atom is -0.508 e. The lowest BCUT2D eigenvalue weighted by Gasteiger charge is -2.39. The van der Waals surface area contributed by atoms with Crippen molar-refractivity contribution in [2.75, 3.05) is 84.4 Å².